The third-order valence-electron chi connectivity index (χ3n) is 2.11. The number of carbonyl (C=O) groups is 1. The number of alkyl carbamates (subject to hydrolysis) is 1. The lowest BCUT2D eigenvalue weighted by atomic mass is 10.2. The van der Waals surface area contributed by atoms with Crippen molar-refractivity contribution in [2.24, 2.45) is 0 Å². The highest BCUT2D eigenvalue weighted by molar-refractivity contribution is 9.10. The van der Waals surface area contributed by atoms with Gasteiger partial charge in [-0.2, -0.15) is 5.26 Å². The van der Waals surface area contributed by atoms with E-state index in [0.717, 1.165) is 0 Å². The predicted molar refractivity (Wildman–Crippen MR) is 78.6 cm³/mol. The highest BCUT2D eigenvalue weighted by atomic mass is 79.9. The van der Waals surface area contributed by atoms with E-state index in [1.807, 2.05) is 0 Å². The van der Waals surface area contributed by atoms with Gasteiger partial charge in [-0.25, -0.2) is 4.79 Å². The Morgan fingerprint density at radius 3 is 2.75 bits per heavy atom. The van der Waals surface area contributed by atoms with Crippen LogP contribution in [-0.2, 0) is 4.74 Å². The number of benzene rings is 1. The first-order chi connectivity index (χ1) is 9.33. The number of halogens is 1. The Morgan fingerprint density at radius 1 is 1.45 bits per heavy atom. The molecule has 108 valence electrons. The Kier molecular flexibility index (Phi) is 5.83. The summed E-state index contributed by atoms with van der Waals surface area (Å²) in [6, 6.07) is 7.23. The molecule has 0 fully saturated rings. The van der Waals surface area contributed by atoms with E-state index in [2.05, 4.69) is 27.3 Å². The van der Waals surface area contributed by atoms with Crippen molar-refractivity contribution in [3.8, 4) is 11.8 Å². The van der Waals surface area contributed by atoms with E-state index in [9.17, 15) is 4.79 Å². The summed E-state index contributed by atoms with van der Waals surface area (Å²) in [5, 5.41) is 11.5. The molecular formula is C14H17BrN2O3. The minimum Gasteiger partial charge on any atom is -0.491 e. The molecule has 0 heterocycles. The fourth-order valence-electron chi connectivity index (χ4n) is 1.34. The van der Waals surface area contributed by atoms with Crippen molar-refractivity contribution in [2.45, 2.75) is 26.4 Å². The molecule has 1 amide bonds. The normalized spacial score (nSPS) is 10.6. The third-order valence-corrected chi connectivity index (χ3v) is 2.93. The van der Waals surface area contributed by atoms with Gasteiger partial charge in [-0.15, -0.1) is 0 Å². The summed E-state index contributed by atoms with van der Waals surface area (Å²) < 4.78 is 11.2. The van der Waals surface area contributed by atoms with Gasteiger partial charge in [-0.3, -0.25) is 0 Å². The topological polar surface area (TPSA) is 71.3 Å². The lowest BCUT2D eigenvalue weighted by Crippen LogP contribution is -2.34. The van der Waals surface area contributed by atoms with Gasteiger partial charge in [-0.1, -0.05) is 6.07 Å². The second-order valence-corrected chi connectivity index (χ2v) is 5.80. The molecule has 0 aliphatic rings. The summed E-state index contributed by atoms with van der Waals surface area (Å²) in [5.74, 6) is 0.565. The Labute approximate surface area is 127 Å². The van der Waals surface area contributed by atoms with Crippen molar-refractivity contribution in [1.82, 2.24) is 5.32 Å². The number of hydrogen-bond acceptors (Lipinski definition) is 4. The second kappa shape index (κ2) is 7.15. The molecule has 6 heteroatoms. The molecule has 1 rings (SSSR count). The van der Waals surface area contributed by atoms with Gasteiger partial charge in [0.05, 0.1) is 16.6 Å². The standard InChI is InChI=1S/C14H17BrN2O3/c1-14(2,3)20-13(18)17-7-8-19-11-6-4-5-10(9-16)12(11)15/h4-6H,7-8H2,1-3H3,(H,17,18). The smallest absolute Gasteiger partial charge is 0.407 e. The zero-order valence-corrected chi connectivity index (χ0v) is 13.3. The maximum absolute atomic E-state index is 11.4. The molecule has 0 saturated carbocycles. The number of nitriles is 1. The fourth-order valence-corrected chi connectivity index (χ4v) is 1.80. The van der Waals surface area contributed by atoms with E-state index in [1.165, 1.54) is 0 Å². The van der Waals surface area contributed by atoms with Gasteiger partial charge in [0, 0.05) is 0 Å². The molecule has 0 saturated heterocycles. The van der Waals surface area contributed by atoms with Crippen molar-refractivity contribution < 1.29 is 14.3 Å². The minimum absolute atomic E-state index is 0.284. The van der Waals surface area contributed by atoms with Gasteiger partial charge in [0.2, 0.25) is 0 Å². The Hall–Kier alpha value is -1.74. The van der Waals surface area contributed by atoms with E-state index in [0.29, 0.717) is 22.3 Å². The maximum Gasteiger partial charge on any atom is 0.407 e. The minimum atomic E-state index is -0.519. The Bertz CT molecular complexity index is 518. The maximum atomic E-state index is 11.4. The van der Waals surface area contributed by atoms with Crippen LogP contribution < -0.4 is 10.1 Å². The number of rotatable bonds is 4. The number of ether oxygens (including phenoxy) is 2. The van der Waals surface area contributed by atoms with Crippen LogP contribution in [0.5, 0.6) is 5.75 Å². The summed E-state index contributed by atoms with van der Waals surface area (Å²) in [6.07, 6.45) is -0.481. The molecule has 1 aromatic rings. The quantitative estimate of drug-likeness (QED) is 0.854. The van der Waals surface area contributed by atoms with Crippen LogP contribution in [-0.4, -0.2) is 24.8 Å². The van der Waals surface area contributed by atoms with Crippen LogP contribution in [0.2, 0.25) is 0 Å². The van der Waals surface area contributed by atoms with Crippen LogP contribution >= 0.6 is 15.9 Å². The van der Waals surface area contributed by atoms with Crippen molar-refractivity contribution in [3.05, 3.63) is 28.2 Å². The van der Waals surface area contributed by atoms with E-state index < -0.39 is 11.7 Å². The van der Waals surface area contributed by atoms with E-state index in [-0.39, 0.29) is 6.61 Å². The van der Waals surface area contributed by atoms with E-state index >= 15 is 0 Å². The molecular weight excluding hydrogens is 324 g/mol. The largest absolute Gasteiger partial charge is 0.491 e. The number of nitrogens with one attached hydrogen (secondary N) is 1. The molecule has 0 bridgehead atoms. The molecule has 0 radical (unpaired) electrons. The molecule has 20 heavy (non-hydrogen) atoms. The molecule has 1 N–H and O–H groups in total. The molecule has 0 unspecified atom stereocenters. The summed E-state index contributed by atoms with van der Waals surface area (Å²) in [6.45, 7) is 6.00. The Morgan fingerprint density at radius 2 is 2.15 bits per heavy atom. The lowest BCUT2D eigenvalue weighted by molar-refractivity contribution is 0.0520. The van der Waals surface area contributed by atoms with Crippen molar-refractivity contribution >= 4 is 22.0 Å². The van der Waals surface area contributed by atoms with Crippen LogP contribution in [0.4, 0.5) is 4.79 Å². The van der Waals surface area contributed by atoms with Gasteiger partial charge in [-0.05, 0) is 48.8 Å². The highest BCUT2D eigenvalue weighted by Crippen LogP contribution is 2.27. The highest BCUT2D eigenvalue weighted by Gasteiger charge is 2.15. The third kappa shape index (κ3) is 5.49. The molecule has 0 aliphatic carbocycles. The molecule has 0 atom stereocenters. The molecule has 5 nitrogen and oxygen atoms in total. The first-order valence-corrected chi connectivity index (χ1v) is 6.91. The number of hydrogen-bond donors (Lipinski definition) is 1. The molecule has 1 aromatic carbocycles. The molecule has 0 spiro atoms. The van der Waals surface area contributed by atoms with Crippen LogP contribution in [0.1, 0.15) is 26.3 Å². The zero-order valence-electron chi connectivity index (χ0n) is 11.7. The first kappa shape index (κ1) is 16.3. The van der Waals surface area contributed by atoms with Crippen molar-refractivity contribution in [3.63, 3.8) is 0 Å². The monoisotopic (exact) mass is 340 g/mol. The van der Waals surface area contributed by atoms with Crippen molar-refractivity contribution in [2.75, 3.05) is 13.2 Å². The van der Waals surface area contributed by atoms with Crippen LogP contribution in [0.25, 0.3) is 0 Å². The van der Waals surface area contributed by atoms with Gasteiger partial charge < -0.3 is 14.8 Å². The average Bonchev–Trinajstić information content (AvgIpc) is 2.34. The van der Waals surface area contributed by atoms with E-state index in [1.54, 1.807) is 39.0 Å². The summed E-state index contributed by atoms with van der Waals surface area (Å²) in [5.41, 5.74) is -0.0163. The SMILES string of the molecule is CC(C)(C)OC(=O)NCCOc1cccc(C#N)c1Br. The average molecular weight is 341 g/mol. The second-order valence-electron chi connectivity index (χ2n) is 5.01. The lowest BCUT2D eigenvalue weighted by Gasteiger charge is -2.19. The summed E-state index contributed by atoms with van der Waals surface area (Å²) >= 11 is 3.30. The number of nitrogens with zero attached hydrogens (tertiary/aromatic N) is 1. The summed E-state index contributed by atoms with van der Waals surface area (Å²) in [7, 11) is 0. The van der Waals surface area contributed by atoms with Gasteiger partial charge in [0.25, 0.3) is 0 Å². The van der Waals surface area contributed by atoms with E-state index in [4.69, 9.17) is 14.7 Å². The van der Waals surface area contributed by atoms with Gasteiger partial charge >= 0.3 is 6.09 Å². The first-order valence-electron chi connectivity index (χ1n) is 6.12. The number of amides is 1. The number of carbonyl (C=O) groups excluding carboxylic acids is 1. The van der Waals surface area contributed by atoms with Gasteiger partial charge in [0.15, 0.2) is 0 Å². The zero-order chi connectivity index (χ0) is 15.2. The van der Waals surface area contributed by atoms with Gasteiger partial charge in [0.1, 0.15) is 24.0 Å². The Balaban J connectivity index is 2.39. The summed E-state index contributed by atoms with van der Waals surface area (Å²) in [4.78, 5) is 11.4. The molecule has 0 aromatic heterocycles. The molecule has 0 aliphatic heterocycles. The predicted octanol–water partition coefficient (Wildman–Crippen LogP) is 3.22. The van der Waals surface area contributed by atoms with Crippen LogP contribution in [0, 0.1) is 11.3 Å². The fraction of sp³-hybridized carbons (Fsp3) is 0.429. The van der Waals surface area contributed by atoms with Crippen LogP contribution in [0.3, 0.4) is 0 Å². The van der Waals surface area contributed by atoms with Crippen LogP contribution in [0.15, 0.2) is 22.7 Å². The van der Waals surface area contributed by atoms with Crippen molar-refractivity contribution in [1.29, 1.82) is 5.26 Å².